The number of esters is 1. The number of hydrogen-bond acceptors (Lipinski definition) is 15. The largest absolute Gasteiger partial charge is 0.458 e. The minimum Gasteiger partial charge on any atom is -0.458 e. The molecule has 7 rings (SSSR count). The maximum atomic E-state index is 14.1. The van der Waals surface area contributed by atoms with Crippen LogP contribution in [0, 0.1) is 11.8 Å². The Bertz CT molecular complexity index is 2870. The van der Waals surface area contributed by atoms with Crippen LogP contribution in [0.4, 0.5) is 0 Å². The topological polar surface area (TPSA) is 161 Å². The first-order valence-corrected chi connectivity index (χ1v) is 43.6. The number of carbonyl (C=O) groups excluding carboxylic acids is 1. The Kier molecular flexibility index (Phi) is 28.3. The van der Waals surface area contributed by atoms with Crippen LogP contribution >= 0.6 is 15.9 Å². The normalized spacial score (nSPS) is 30.9. The lowest BCUT2D eigenvalue weighted by Gasteiger charge is -2.50. The van der Waals surface area contributed by atoms with Gasteiger partial charge in [-0.2, -0.15) is 0 Å². The van der Waals surface area contributed by atoms with Gasteiger partial charge in [-0.05, 0) is 128 Å². The van der Waals surface area contributed by atoms with Gasteiger partial charge in [0.25, 0.3) is 0 Å². The number of ether oxygens (including phenoxy) is 7. The van der Waals surface area contributed by atoms with Gasteiger partial charge in [-0.3, -0.25) is 0 Å². The third-order valence-electron chi connectivity index (χ3n) is 21.5. The number of fused-ring (bicyclic) bond motifs is 9. The smallest absolute Gasteiger partial charge is 0.330 e. The predicted molar refractivity (Wildman–Crippen MR) is 383 cm³/mol. The van der Waals surface area contributed by atoms with Gasteiger partial charge in [0.05, 0.1) is 67.5 Å². The van der Waals surface area contributed by atoms with Gasteiger partial charge in [-0.25, -0.2) is 14.8 Å². The quantitative estimate of drug-likeness (QED) is 0.0422. The van der Waals surface area contributed by atoms with E-state index in [2.05, 4.69) is 171 Å². The number of nitrogens with zero attached hydrogens (tertiary/aromatic N) is 2. The molecule has 2 aromatic rings. The molecule has 0 unspecified atom stereocenters. The van der Waals surface area contributed by atoms with Gasteiger partial charge in [0.1, 0.15) is 36.1 Å². The zero-order chi connectivity index (χ0) is 68.2. The van der Waals surface area contributed by atoms with Crippen LogP contribution in [-0.4, -0.2) is 128 Å². The molecule has 93 heavy (non-hydrogen) atoms. The molecule has 4 saturated heterocycles. The molecule has 522 valence electrons. The van der Waals surface area contributed by atoms with E-state index < -0.39 is 61.1 Å². The second kappa shape index (κ2) is 34.1. The molecule has 19 heteroatoms. The molecule has 7 heterocycles. The first-order chi connectivity index (χ1) is 43.9. The van der Waals surface area contributed by atoms with E-state index >= 15 is 0 Å². The molecular weight excluding hydrogens is 1290 g/mol. The van der Waals surface area contributed by atoms with E-state index in [4.69, 9.17) is 65.2 Å². The minimum atomic E-state index is -2.37. The van der Waals surface area contributed by atoms with Crippen LogP contribution in [0.1, 0.15) is 204 Å². The van der Waals surface area contributed by atoms with Crippen molar-refractivity contribution >= 4 is 59.0 Å². The highest BCUT2D eigenvalue weighted by Gasteiger charge is 2.53. The molecule has 0 radical (unpaired) electrons. The summed E-state index contributed by atoms with van der Waals surface area (Å²) in [5, 5.41) is -0.0663. The van der Waals surface area contributed by atoms with Crippen LogP contribution in [0.25, 0.3) is 12.2 Å². The van der Waals surface area contributed by atoms with Gasteiger partial charge in [0, 0.05) is 57.8 Å². The summed E-state index contributed by atoms with van der Waals surface area (Å²) in [6, 6.07) is 2.76. The van der Waals surface area contributed by atoms with Gasteiger partial charge in [-0.1, -0.05) is 167 Å². The van der Waals surface area contributed by atoms with Crippen LogP contribution in [0.3, 0.4) is 0 Å². The molecule has 15 atom stereocenters. The molecule has 0 N–H and O–H groups in total. The predicted octanol–water partition coefficient (Wildman–Crippen LogP) is 19.0. The highest BCUT2D eigenvalue weighted by atomic mass is 79.9. The molecule has 15 nitrogen and oxygen atoms in total. The lowest BCUT2D eigenvalue weighted by molar-refractivity contribution is -0.276. The number of rotatable bonds is 24. The van der Waals surface area contributed by atoms with Crippen LogP contribution in [0.2, 0.25) is 52.9 Å². The summed E-state index contributed by atoms with van der Waals surface area (Å²) in [6.45, 7) is 45.0. The molecule has 5 aliphatic rings. The Morgan fingerprint density at radius 3 is 2.17 bits per heavy atom. The lowest BCUT2D eigenvalue weighted by Crippen LogP contribution is -2.59. The average molecular weight is 1410 g/mol. The summed E-state index contributed by atoms with van der Waals surface area (Å²) in [4.78, 5) is 26.2. The average Bonchev–Trinajstić information content (AvgIpc) is 1.42. The first-order valence-electron chi connectivity index (χ1n) is 35.1. The Morgan fingerprint density at radius 2 is 1.53 bits per heavy atom. The standard InChI is InChI=1S/C74H119BrN2O13Si3/c1-22-92(23-2,24-3)90-74(44-62(80-19)43-66(87-74)67(89-91(20,21)73(15,16)17)38-51(10)33-34-57(79-18)29-27-35-75)45-69-76-56(46-81-69)39-53(12)71-55(14)72-54(13)64(85-71)30-26-31-68-77-63(47-82-68)65-42-61(88-93(48(4)5,49(6)7)50(8)9)41-60(84-65)40-59-37-52(11)36-58(83-59)28-25-32-70(78)86-72/h25-27,31-35,38-39,46-50,54-55,57-62,64-67,71-72H,11,22-24,28-30,36-37,40-45H2,1-10,12-21H3/b31-26-,32-25-,34-33+,35-27+,51-38+,53-39+/t54-,55-,57+,58-,59+,60+,61+,62+,64+,65+,66+,67+,71-,72-,74+/m0/s1. The van der Waals surface area contributed by atoms with Crippen LogP contribution in [0.5, 0.6) is 0 Å². The Morgan fingerprint density at radius 1 is 0.839 bits per heavy atom. The fourth-order valence-corrected chi connectivity index (χ4v) is 25.2. The van der Waals surface area contributed by atoms with Crippen molar-refractivity contribution in [1.82, 2.24) is 9.97 Å². The van der Waals surface area contributed by atoms with E-state index in [1.165, 1.54) is 0 Å². The van der Waals surface area contributed by atoms with Crippen LogP contribution in [0.15, 0.2) is 92.2 Å². The van der Waals surface area contributed by atoms with Gasteiger partial charge < -0.3 is 55.3 Å². The van der Waals surface area contributed by atoms with E-state index in [0.717, 1.165) is 66.2 Å². The fourth-order valence-electron chi connectivity index (χ4n) is 15.2. The maximum absolute atomic E-state index is 14.1. The van der Waals surface area contributed by atoms with Crippen molar-refractivity contribution in [3.8, 4) is 0 Å². The van der Waals surface area contributed by atoms with Crippen molar-refractivity contribution in [3.05, 3.63) is 107 Å². The van der Waals surface area contributed by atoms with E-state index in [9.17, 15) is 4.79 Å². The zero-order valence-electron chi connectivity index (χ0n) is 60.4. The highest BCUT2D eigenvalue weighted by molar-refractivity contribution is 9.11. The van der Waals surface area contributed by atoms with Crippen molar-refractivity contribution in [2.75, 3.05) is 14.2 Å². The van der Waals surface area contributed by atoms with E-state index in [-0.39, 0.29) is 72.1 Å². The highest BCUT2D eigenvalue weighted by Crippen LogP contribution is 2.48. The maximum Gasteiger partial charge on any atom is 0.330 e. The van der Waals surface area contributed by atoms with Crippen molar-refractivity contribution < 1.29 is 60.1 Å². The summed E-state index contributed by atoms with van der Waals surface area (Å²) in [5.41, 5.74) is 5.83. The Balaban J connectivity index is 1.19. The second-order valence-corrected chi connectivity index (χ2v) is 45.5. The van der Waals surface area contributed by atoms with Crippen molar-refractivity contribution in [3.63, 3.8) is 0 Å². The number of oxazole rings is 2. The Labute approximate surface area is 571 Å². The van der Waals surface area contributed by atoms with E-state index in [0.29, 0.717) is 72.6 Å². The summed E-state index contributed by atoms with van der Waals surface area (Å²) in [7, 11) is -3.46. The van der Waals surface area contributed by atoms with Gasteiger partial charge in [-0.15, -0.1) is 0 Å². The number of hydrogen-bond donors (Lipinski definition) is 0. The second-order valence-electron chi connectivity index (χ2n) is 30.1. The molecule has 0 amide bonds. The number of carbonyl (C=O) groups is 1. The minimum absolute atomic E-state index is 0.00574. The van der Waals surface area contributed by atoms with Crippen LogP contribution < -0.4 is 0 Å². The molecule has 0 saturated carbocycles. The number of methoxy groups -OCH3 is 2. The first kappa shape index (κ1) is 77.2. The fraction of sp³-hybridized carbons (Fsp3) is 0.716. The van der Waals surface area contributed by atoms with Crippen LogP contribution in [-0.2, 0) is 57.7 Å². The molecule has 2 aromatic heterocycles. The van der Waals surface area contributed by atoms with Crippen molar-refractivity contribution in [2.45, 2.75) is 313 Å². The van der Waals surface area contributed by atoms with E-state index in [1.807, 2.05) is 29.3 Å². The third kappa shape index (κ3) is 20.0. The summed E-state index contributed by atoms with van der Waals surface area (Å²) in [5.74, 6) is -0.934. The molecule has 8 bridgehead atoms. The molecule has 5 aliphatic heterocycles. The SMILES string of the molecule is C=C1C[C@@H]2C[C@@H]3C[C@@H](O[Si](C(C)C)(C(C)C)C(C)C)C[C@@H](O3)c3coc(n3)/C=C\C[C@H]3O[C@@H](/C(C)=C/c4coc(C[C@]5(O[Si](CC)(CC)CC)C[C@H](OC)C[C@H]([C@@H](/C=C(C)/C=C/[C@@H](C/C=C/Br)OC)O[Si](C)(C)C(C)(C)C)O5)n4)[C@H](C)[C@@H](OC(=O)/C=C\C[C@@H](C1)O2)[C@H]3C. The Hall–Kier alpha value is -3.16. The summed E-state index contributed by atoms with van der Waals surface area (Å²) in [6.07, 6.45) is 25.2. The number of halogens is 1. The third-order valence-corrected chi connectivity index (χ3v) is 37.1. The van der Waals surface area contributed by atoms with Gasteiger partial charge >= 0.3 is 5.97 Å². The van der Waals surface area contributed by atoms with Crippen molar-refractivity contribution in [1.29, 1.82) is 0 Å². The molecule has 4 fully saturated rings. The van der Waals surface area contributed by atoms with Gasteiger partial charge in [0.2, 0.25) is 14.2 Å². The van der Waals surface area contributed by atoms with E-state index in [1.54, 1.807) is 32.8 Å². The van der Waals surface area contributed by atoms with Gasteiger partial charge in [0.15, 0.2) is 28.3 Å². The number of allylic oxidation sites excluding steroid dienone is 2. The molecule has 0 aromatic carbocycles. The molecular formula is C74H119BrN2O13Si3. The summed E-state index contributed by atoms with van der Waals surface area (Å²) >= 11 is 3.40. The summed E-state index contributed by atoms with van der Waals surface area (Å²) < 4.78 is 82.4. The molecule has 0 spiro atoms. The molecule has 0 aliphatic carbocycles. The number of aromatic nitrogens is 2. The lowest BCUT2D eigenvalue weighted by atomic mass is 9.79. The monoisotopic (exact) mass is 1410 g/mol. The van der Waals surface area contributed by atoms with Crippen molar-refractivity contribution in [2.24, 2.45) is 11.8 Å². The zero-order valence-corrected chi connectivity index (χ0v) is 65.0.